The molecule has 0 aliphatic heterocycles. The number of fused-ring (bicyclic) bond motifs is 3. The molecular weight excluding hydrogens is 403 g/mol. The molecule has 156 valence electrons. The number of hydrogen-bond acceptors (Lipinski definition) is 7. The van der Waals surface area contributed by atoms with Crippen LogP contribution in [0.25, 0.3) is 27.9 Å². The fourth-order valence-corrected chi connectivity index (χ4v) is 3.47. The van der Waals surface area contributed by atoms with Crippen LogP contribution in [-0.4, -0.2) is 46.4 Å². The number of nitrogens with one attached hydrogen (secondary N) is 1. The van der Waals surface area contributed by atoms with Crippen LogP contribution in [0.15, 0.2) is 47.9 Å². The molecule has 0 unspecified atom stereocenters. The second kappa shape index (κ2) is 7.69. The molecule has 0 atom stereocenters. The average molecular weight is 420 g/mol. The first-order chi connectivity index (χ1) is 15.2. The lowest BCUT2D eigenvalue weighted by atomic mass is 10.1. The number of imidazole rings is 1. The van der Waals surface area contributed by atoms with Gasteiger partial charge in [0.25, 0.3) is 5.56 Å². The minimum Gasteiger partial charge on any atom is -0.378 e. The number of hydrogen-bond donors (Lipinski definition) is 1. The number of aryl methyl sites for hydroxylation is 2. The van der Waals surface area contributed by atoms with Crippen LogP contribution in [0.3, 0.4) is 0 Å². The Bertz CT molecular complexity index is 1420. The molecule has 0 saturated heterocycles. The van der Waals surface area contributed by atoms with Gasteiger partial charge in [-0.1, -0.05) is 12.1 Å². The molecule has 0 aliphatic carbocycles. The van der Waals surface area contributed by atoms with Crippen molar-refractivity contribution in [1.29, 1.82) is 0 Å². The van der Waals surface area contributed by atoms with E-state index in [0.717, 1.165) is 5.69 Å². The van der Waals surface area contributed by atoms with E-state index in [1.165, 1.54) is 27.5 Å². The molecule has 0 spiro atoms. The van der Waals surface area contributed by atoms with Gasteiger partial charge in [0.15, 0.2) is 16.8 Å². The van der Waals surface area contributed by atoms with Crippen molar-refractivity contribution in [3.63, 3.8) is 0 Å². The van der Waals surface area contributed by atoms with E-state index in [1.54, 1.807) is 31.8 Å². The summed E-state index contributed by atoms with van der Waals surface area (Å²) in [6, 6.07) is 6.00. The Balaban J connectivity index is 1.64. The molecule has 4 heterocycles. The van der Waals surface area contributed by atoms with E-state index < -0.39 is 0 Å². The van der Waals surface area contributed by atoms with Crippen molar-refractivity contribution in [2.45, 2.75) is 19.6 Å². The van der Waals surface area contributed by atoms with Crippen molar-refractivity contribution in [2.75, 3.05) is 7.11 Å². The SMILES string of the molecule is COCc1nn2c(nnc3c(=O)n(CCc4cnc[nH]4)cnc32)c1-c1ccc(F)cc1. The molecule has 0 saturated carbocycles. The summed E-state index contributed by atoms with van der Waals surface area (Å²) in [6.07, 6.45) is 5.36. The molecule has 0 radical (unpaired) electrons. The second-order valence-corrected chi connectivity index (χ2v) is 6.94. The van der Waals surface area contributed by atoms with Gasteiger partial charge in [0, 0.05) is 32.0 Å². The van der Waals surface area contributed by atoms with Crippen LogP contribution in [0.2, 0.25) is 0 Å². The minimum atomic E-state index is -0.345. The summed E-state index contributed by atoms with van der Waals surface area (Å²) < 4.78 is 21.6. The zero-order chi connectivity index (χ0) is 21.4. The summed E-state index contributed by atoms with van der Waals surface area (Å²) in [4.78, 5) is 24.3. The van der Waals surface area contributed by atoms with E-state index >= 15 is 0 Å². The Morgan fingerprint density at radius 1 is 1.16 bits per heavy atom. The monoisotopic (exact) mass is 420 g/mol. The summed E-state index contributed by atoms with van der Waals surface area (Å²) in [7, 11) is 1.55. The highest BCUT2D eigenvalue weighted by Crippen LogP contribution is 2.28. The van der Waals surface area contributed by atoms with Crippen LogP contribution in [0.5, 0.6) is 0 Å². The van der Waals surface area contributed by atoms with E-state index in [0.29, 0.717) is 41.1 Å². The molecule has 0 fully saturated rings. The maximum absolute atomic E-state index is 13.4. The third kappa shape index (κ3) is 3.34. The van der Waals surface area contributed by atoms with Crippen LogP contribution in [0, 0.1) is 5.82 Å². The van der Waals surface area contributed by atoms with E-state index in [-0.39, 0.29) is 23.5 Å². The summed E-state index contributed by atoms with van der Waals surface area (Å²) >= 11 is 0. The Morgan fingerprint density at radius 3 is 2.74 bits per heavy atom. The number of ether oxygens (including phenoxy) is 1. The van der Waals surface area contributed by atoms with Crippen LogP contribution in [0.4, 0.5) is 4.39 Å². The molecule has 5 aromatic rings. The highest BCUT2D eigenvalue weighted by atomic mass is 19.1. The van der Waals surface area contributed by atoms with Crippen molar-refractivity contribution < 1.29 is 9.13 Å². The Morgan fingerprint density at radius 2 is 2.00 bits per heavy atom. The molecule has 31 heavy (non-hydrogen) atoms. The number of benzene rings is 1. The maximum Gasteiger partial charge on any atom is 0.283 e. The van der Waals surface area contributed by atoms with Gasteiger partial charge in [-0.2, -0.15) is 9.61 Å². The number of methoxy groups -OCH3 is 1. The van der Waals surface area contributed by atoms with Crippen molar-refractivity contribution >= 4 is 16.8 Å². The number of aromatic nitrogens is 8. The lowest BCUT2D eigenvalue weighted by molar-refractivity contribution is 0.181. The molecule has 4 aromatic heterocycles. The van der Waals surface area contributed by atoms with Gasteiger partial charge in [0.2, 0.25) is 0 Å². The fraction of sp³-hybridized carbons (Fsp3) is 0.200. The number of H-pyrrole nitrogens is 1. The van der Waals surface area contributed by atoms with Gasteiger partial charge in [-0.15, -0.1) is 10.2 Å². The Hall–Kier alpha value is -3.99. The normalized spacial score (nSPS) is 11.5. The standard InChI is InChI=1S/C20H17FN8O2/c1-31-9-15-16(12-2-4-13(21)5-3-12)18-26-25-17-19(29(18)27-15)24-11-28(20(17)30)7-6-14-8-22-10-23-14/h2-5,8,10-11H,6-7,9H2,1H3,(H,22,23). The molecule has 0 amide bonds. The van der Waals surface area contributed by atoms with Crippen LogP contribution < -0.4 is 5.56 Å². The predicted octanol–water partition coefficient (Wildman–Crippen LogP) is 1.75. The lowest BCUT2D eigenvalue weighted by Gasteiger charge is -2.06. The molecule has 10 nitrogen and oxygen atoms in total. The number of aromatic amines is 1. The van der Waals surface area contributed by atoms with Crippen molar-refractivity contribution in [3.05, 3.63) is 70.7 Å². The van der Waals surface area contributed by atoms with Crippen molar-refractivity contribution in [2.24, 2.45) is 0 Å². The van der Waals surface area contributed by atoms with Gasteiger partial charge in [-0.3, -0.25) is 9.36 Å². The molecule has 11 heteroatoms. The van der Waals surface area contributed by atoms with Gasteiger partial charge in [-0.25, -0.2) is 14.4 Å². The summed E-state index contributed by atoms with van der Waals surface area (Å²) in [5.41, 5.74) is 3.36. The maximum atomic E-state index is 13.4. The molecule has 1 N–H and O–H groups in total. The third-order valence-corrected chi connectivity index (χ3v) is 4.96. The first-order valence-electron chi connectivity index (χ1n) is 9.51. The lowest BCUT2D eigenvalue weighted by Crippen LogP contribution is -2.24. The summed E-state index contributed by atoms with van der Waals surface area (Å²) in [6.45, 7) is 0.622. The van der Waals surface area contributed by atoms with Crippen molar-refractivity contribution in [3.8, 4) is 11.1 Å². The number of halogens is 1. The molecule has 0 bridgehead atoms. The predicted molar refractivity (Wildman–Crippen MR) is 109 cm³/mol. The van der Waals surface area contributed by atoms with E-state index in [1.807, 2.05) is 0 Å². The van der Waals surface area contributed by atoms with E-state index in [4.69, 9.17) is 4.74 Å². The Kier molecular flexibility index (Phi) is 4.71. The quantitative estimate of drug-likeness (QED) is 0.445. The zero-order valence-corrected chi connectivity index (χ0v) is 16.5. The van der Waals surface area contributed by atoms with Crippen molar-refractivity contribution in [1.82, 2.24) is 39.3 Å². The first-order valence-corrected chi connectivity index (χ1v) is 9.51. The molecular formula is C20H17FN8O2. The van der Waals surface area contributed by atoms with Crippen LogP contribution in [0.1, 0.15) is 11.4 Å². The highest BCUT2D eigenvalue weighted by Gasteiger charge is 2.20. The van der Waals surface area contributed by atoms with Crippen LogP contribution in [-0.2, 0) is 24.3 Å². The van der Waals surface area contributed by atoms with E-state index in [9.17, 15) is 9.18 Å². The third-order valence-electron chi connectivity index (χ3n) is 4.96. The average Bonchev–Trinajstić information content (AvgIpc) is 3.42. The smallest absolute Gasteiger partial charge is 0.283 e. The van der Waals surface area contributed by atoms with Gasteiger partial charge in [-0.05, 0) is 17.7 Å². The van der Waals surface area contributed by atoms with Gasteiger partial charge in [0.1, 0.15) is 12.1 Å². The highest BCUT2D eigenvalue weighted by molar-refractivity contribution is 5.83. The summed E-state index contributed by atoms with van der Waals surface area (Å²) in [5, 5.41) is 13.0. The minimum absolute atomic E-state index is 0.108. The fourth-order valence-electron chi connectivity index (χ4n) is 3.47. The largest absolute Gasteiger partial charge is 0.378 e. The number of nitrogens with zero attached hydrogens (tertiary/aromatic N) is 7. The molecule has 0 aliphatic rings. The van der Waals surface area contributed by atoms with Gasteiger partial charge >= 0.3 is 0 Å². The molecule has 5 rings (SSSR count). The number of rotatable bonds is 6. The van der Waals surface area contributed by atoms with E-state index in [2.05, 4.69) is 30.2 Å². The topological polar surface area (TPSA) is 116 Å². The summed E-state index contributed by atoms with van der Waals surface area (Å²) in [5.74, 6) is -0.345. The first kappa shape index (κ1) is 19.0. The molecule has 1 aromatic carbocycles. The second-order valence-electron chi connectivity index (χ2n) is 6.94. The zero-order valence-electron chi connectivity index (χ0n) is 16.5. The van der Waals surface area contributed by atoms with Gasteiger partial charge < -0.3 is 9.72 Å². The van der Waals surface area contributed by atoms with Gasteiger partial charge in [0.05, 0.1) is 24.2 Å². The Labute approximate surface area is 174 Å². The van der Waals surface area contributed by atoms with Crippen LogP contribution >= 0.6 is 0 Å².